The van der Waals surface area contributed by atoms with E-state index in [2.05, 4.69) is 15.3 Å². The first-order chi connectivity index (χ1) is 12.2. The van der Waals surface area contributed by atoms with Gasteiger partial charge >= 0.3 is 0 Å². The van der Waals surface area contributed by atoms with Crippen LogP contribution in [0.4, 0.5) is 5.82 Å². The number of hydrogen-bond donors (Lipinski definition) is 1. The highest BCUT2D eigenvalue weighted by molar-refractivity contribution is 7.07. The van der Waals surface area contributed by atoms with Crippen molar-refractivity contribution in [3.8, 4) is 11.5 Å². The summed E-state index contributed by atoms with van der Waals surface area (Å²) in [4.78, 5) is 20.8. The summed E-state index contributed by atoms with van der Waals surface area (Å²) in [5.41, 5.74) is 3.96. The first kappa shape index (κ1) is 16.9. The zero-order valence-electron chi connectivity index (χ0n) is 13.9. The number of aryl methyl sites for hydroxylation is 1. The van der Waals surface area contributed by atoms with Gasteiger partial charge in [0.05, 0.1) is 18.3 Å². The van der Waals surface area contributed by atoms with Crippen LogP contribution >= 0.6 is 11.3 Å². The molecule has 0 fully saturated rings. The summed E-state index contributed by atoms with van der Waals surface area (Å²) in [6.07, 6.45) is 1.64. The van der Waals surface area contributed by atoms with E-state index in [9.17, 15) is 4.79 Å². The topological polar surface area (TPSA) is 73.3 Å². The highest BCUT2D eigenvalue weighted by atomic mass is 32.1. The average molecular weight is 355 g/mol. The zero-order valence-corrected chi connectivity index (χ0v) is 14.7. The van der Waals surface area contributed by atoms with Crippen LogP contribution < -0.4 is 14.8 Å². The van der Waals surface area contributed by atoms with Crippen LogP contribution in [0.15, 0.2) is 47.4 Å². The second kappa shape index (κ2) is 7.76. The number of rotatable bonds is 6. The Morgan fingerprint density at radius 2 is 2.12 bits per heavy atom. The van der Waals surface area contributed by atoms with Crippen molar-refractivity contribution in [1.82, 2.24) is 9.97 Å². The van der Waals surface area contributed by atoms with Crippen LogP contribution in [-0.4, -0.2) is 23.0 Å². The third-order valence-electron chi connectivity index (χ3n) is 3.53. The minimum atomic E-state index is -0.258. The van der Waals surface area contributed by atoms with Crippen LogP contribution in [0.1, 0.15) is 21.6 Å². The lowest BCUT2D eigenvalue weighted by molar-refractivity contribution is 0.102. The number of amides is 1. The lowest BCUT2D eigenvalue weighted by Crippen LogP contribution is -2.14. The minimum Gasteiger partial charge on any atom is -0.493 e. The number of thiazole rings is 1. The lowest BCUT2D eigenvalue weighted by Gasteiger charge is -2.12. The van der Waals surface area contributed by atoms with Crippen LogP contribution in [-0.2, 0) is 6.61 Å². The number of pyridine rings is 1. The van der Waals surface area contributed by atoms with Gasteiger partial charge in [-0.1, -0.05) is 6.07 Å². The Kier molecular flexibility index (Phi) is 5.25. The predicted octanol–water partition coefficient (Wildman–Crippen LogP) is 3.69. The second-order valence-electron chi connectivity index (χ2n) is 5.26. The molecule has 0 saturated heterocycles. The number of carbonyl (C=O) groups is 1. The smallest absolute Gasteiger partial charge is 0.256 e. The van der Waals surface area contributed by atoms with Crippen molar-refractivity contribution >= 4 is 23.1 Å². The molecular formula is C18H17N3O3S. The number of anilines is 1. The minimum absolute atomic E-state index is 0.258. The summed E-state index contributed by atoms with van der Waals surface area (Å²) in [5, 5.41) is 4.72. The molecule has 2 heterocycles. The monoisotopic (exact) mass is 355 g/mol. The van der Waals surface area contributed by atoms with Gasteiger partial charge in [0.25, 0.3) is 5.91 Å². The maximum atomic E-state index is 12.4. The SMILES string of the molecule is COc1cc(C(=O)Nc2ncccc2C)ccc1OCc1cscn1. The lowest BCUT2D eigenvalue weighted by atomic mass is 10.2. The van der Waals surface area contributed by atoms with E-state index in [1.54, 1.807) is 29.9 Å². The number of benzene rings is 1. The summed E-state index contributed by atoms with van der Waals surface area (Å²) in [6.45, 7) is 2.23. The normalized spacial score (nSPS) is 10.3. The van der Waals surface area contributed by atoms with E-state index < -0.39 is 0 Å². The highest BCUT2D eigenvalue weighted by Crippen LogP contribution is 2.29. The van der Waals surface area contributed by atoms with Gasteiger partial charge < -0.3 is 14.8 Å². The molecule has 0 bridgehead atoms. The number of aromatic nitrogens is 2. The van der Waals surface area contributed by atoms with E-state index in [0.29, 0.717) is 29.5 Å². The fourth-order valence-electron chi connectivity index (χ4n) is 2.18. The number of carbonyl (C=O) groups excluding carboxylic acids is 1. The van der Waals surface area contributed by atoms with Crippen molar-refractivity contribution in [3.63, 3.8) is 0 Å². The van der Waals surface area contributed by atoms with Crippen LogP contribution in [0.3, 0.4) is 0 Å². The quantitative estimate of drug-likeness (QED) is 0.730. The van der Waals surface area contributed by atoms with Gasteiger partial charge in [-0.25, -0.2) is 9.97 Å². The summed E-state index contributed by atoms with van der Waals surface area (Å²) < 4.78 is 11.1. The molecule has 0 aliphatic carbocycles. The molecule has 7 heteroatoms. The fourth-order valence-corrected chi connectivity index (χ4v) is 2.73. The number of nitrogens with one attached hydrogen (secondary N) is 1. The molecule has 0 spiro atoms. The molecule has 1 amide bonds. The number of nitrogens with zero attached hydrogens (tertiary/aromatic N) is 2. The Balaban J connectivity index is 1.74. The number of methoxy groups -OCH3 is 1. The molecule has 3 rings (SSSR count). The average Bonchev–Trinajstić information content (AvgIpc) is 3.15. The van der Waals surface area contributed by atoms with Gasteiger partial charge in [-0.05, 0) is 36.8 Å². The molecule has 0 unspecified atom stereocenters. The van der Waals surface area contributed by atoms with Gasteiger partial charge in [0.15, 0.2) is 11.5 Å². The predicted molar refractivity (Wildman–Crippen MR) is 96.4 cm³/mol. The molecule has 0 aliphatic rings. The van der Waals surface area contributed by atoms with Crippen molar-refractivity contribution in [3.05, 3.63) is 64.2 Å². The molecule has 0 aliphatic heterocycles. The van der Waals surface area contributed by atoms with Gasteiger partial charge in [-0.15, -0.1) is 11.3 Å². The maximum Gasteiger partial charge on any atom is 0.256 e. The Bertz CT molecular complexity index is 866. The third-order valence-corrected chi connectivity index (χ3v) is 4.16. The van der Waals surface area contributed by atoms with Crippen LogP contribution in [0.2, 0.25) is 0 Å². The van der Waals surface area contributed by atoms with Crippen LogP contribution in [0.5, 0.6) is 11.5 Å². The molecule has 0 atom stereocenters. The Hall–Kier alpha value is -2.93. The maximum absolute atomic E-state index is 12.4. The van der Waals surface area contributed by atoms with Crippen molar-refractivity contribution in [2.75, 3.05) is 12.4 Å². The first-order valence-electron chi connectivity index (χ1n) is 7.58. The van der Waals surface area contributed by atoms with E-state index in [1.807, 2.05) is 24.4 Å². The van der Waals surface area contributed by atoms with E-state index in [1.165, 1.54) is 18.4 Å². The van der Waals surface area contributed by atoms with Crippen molar-refractivity contribution in [2.45, 2.75) is 13.5 Å². The molecule has 0 saturated carbocycles. The fraction of sp³-hybridized carbons (Fsp3) is 0.167. The Labute approximate surface area is 149 Å². The van der Waals surface area contributed by atoms with E-state index in [-0.39, 0.29) is 5.91 Å². The Morgan fingerprint density at radius 1 is 1.24 bits per heavy atom. The summed E-state index contributed by atoms with van der Waals surface area (Å²) >= 11 is 1.51. The van der Waals surface area contributed by atoms with Gasteiger partial charge in [0.1, 0.15) is 12.4 Å². The van der Waals surface area contributed by atoms with Crippen molar-refractivity contribution in [1.29, 1.82) is 0 Å². The molecule has 25 heavy (non-hydrogen) atoms. The van der Waals surface area contributed by atoms with Gasteiger partial charge in [0, 0.05) is 17.1 Å². The largest absolute Gasteiger partial charge is 0.493 e. The van der Waals surface area contributed by atoms with Crippen molar-refractivity contribution < 1.29 is 14.3 Å². The van der Waals surface area contributed by atoms with Gasteiger partial charge in [-0.3, -0.25) is 4.79 Å². The molecule has 6 nitrogen and oxygen atoms in total. The van der Waals surface area contributed by atoms with Crippen molar-refractivity contribution in [2.24, 2.45) is 0 Å². The summed E-state index contributed by atoms with van der Waals surface area (Å²) in [7, 11) is 1.54. The molecule has 128 valence electrons. The summed E-state index contributed by atoms with van der Waals surface area (Å²) in [6, 6.07) is 8.75. The van der Waals surface area contributed by atoms with Crippen LogP contribution in [0, 0.1) is 6.92 Å². The van der Waals surface area contributed by atoms with E-state index in [4.69, 9.17) is 9.47 Å². The molecule has 1 aromatic carbocycles. The molecule has 2 aromatic heterocycles. The molecular weight excluding hydrogens is 338 g/mol. The Morgan fingerprint density at radius 3 is 2.84 bits per heavy atom. The molecule has 3 aromatic rings. The molecule has 0 radical (unpaired) electrons. The van der Waals surface area contributed by atoms with Gasteiger partial charge in [0.2, 0.25) is 0 Å². The third kappa shape index (κ3) is 4.13. The second-order valence-corrected chi connectivity index (χ2v) is 5.98. The zero-order chi connectivity index (χ0) is 17.6. The highest BCUT2D eigenvalue weighted by Gasteiger charge is 2.13. The van der Waals surface area contributed by atoms with E-state index >= 15 is 0 Å². The standard InChI is InChI=1S/C18H17N3O3S/c1-12-4-3-7-19-17(12)21-18(22)13-5-6-15(16(8-13)23-2)24-9-14-10-25-11-20-14/h3-8,10-11H,9H2,1-2H3,(H,19,21,22). The molecule has 1 N–H and O–H groups in total. The first-order valence-corrected chi connectivity index (χ1v) is 8.52. The number of hydrogen-bond acceptors (Lipinski definition) is 6. The summed E-state index contributed by atoms with van der Waals surface area (Å²) in [5.74, 6) is 1.32. The van der Waals surface area contributed by atoms with Gasteiger partial charge in [-0.2, -0.15) is 0 Å². The van der Waals surface area contributed by atoms with Crippen LogP contribution in [0.25, 0.3) is 0 Å². The van der Waals surface area contributed by atoms with E-state index in [0.717, 1.165) is 11.3 Å². The number of ether oxygens (including phenoxy) is 2.